The number of carbonyl (C=O) groups excluding carboxylic acids is 1. The molecular formula is C26H31N7O4. The third kappa shape index (κ3) is 4.12. The van der Waals surface area contributed by atoms with E-state index in [1.165, 1.54) is 0 Å². The first-order chi connectivity index (χ1) is 18.1. The fraction of sp³-hybridized carbons (Fsp3) is 0.462. The molecule has 1 aliphatic carbocycles. The second kappa shape index (κ2) is 9.73. The monoisotopic (exact) mass is 505 g/mol. The number of aromatic nitrogens is 5. The topological polar surface area (TPSA) is 117 Å². The highest BCUT2D eigenvalue weighted by Gasteiger charge is 2.33. The van der Waals surface area contributed by atoms with Crippen LogP contribution >= 0.6 is 0 Å². The van der Waals surface area contributed by atoms with Crippen LogP contribution in [-0.2, 0) is 14.2 Å². The van der Waals surface area contributed by atoms with Crippen LogP contribution in [0.15, 0.2) is 36.8 Å². The van der Waals surface area contributed by atoms with Crippen LogP contribution < -0.4 is 10.6 Å². The summed E-state index contributed by atoms with van der Waals surface area (Å²) in [6, 6.07) is 6.06. The van der Waals surface area contributed by atoms with Gasteiger partial charge in [0.05, 0.1) is 49.4 Å². The zero-order valence-electron chi connectivity index (χ0n) is 21.2. The van der Waals surface area contributed by atoms with Crippen LogP contribution in [0.3, 0.4) is 0 Å². The molecule has 6 rings (SSSR count). The van der Waals surface area contributed by atoms with E-state index in [0.717, 1.165) is 47.4 Å². The number of carbonyl (C=O) groups is 1. The Morgan fingerprint density at radius 2 is 2.16 bits per heavy atom. The number of rotatable bonds is 8. The second-order valence-electron chi connectivity index (χ2n) is 9.63. The number of anilines is 1. The van der Waals surface area contributed by atoms with Gasteiger partial charge < -0.3 is 29.4 Å². The van der Waals surface area contributed by atoms with Crippen LogP contribution in [0.2, 0.25) is 0 Å². The highest BCUT2D eigenvalue weighted by Crippen LogP contribution is 2.35. The van der Waals surface area contributed by atoms with Gasteiger partial charge in [-0.05, 0) is 31.4 Å². The minimum absolute atomic E-state index is 0.000909. The van der Waals surface area contributed by atoms with Crippen LogP contribution in [0.4, 0.5) is 5.82 Å². The van der Waals surface area contributed by atoms with Gasteiger partial charge in [0.25, 0.3) is 5.91 Å². The number of hydrogen-bond donors (Lipinski definition) is 2. The number of methoxy groups -OCH3 is 2. The Labute approximate surface area is 214 Å². The van der Waals surface area contributed by atoms with E-state index in [0.29, 0.717) is 24.4 Å². The molecule has 11 nitrogen and oxygen atoms in total. The lowest BCUT2D eigenvalue weighted by Gasteiger charge is -2.35. The van der Waals surface area contributed by atoms with E-state index in [1.54, 1.807) is 31.1 Å². The summed E-state index contributed by atoms with van der Waals surface area (Å²) in [4.78, 5) is 22.8. The number of pyridine rings is 1. The molecule has 1 aliphatic heterocycles. The number of nitrogens with one attached hydrogen (secondary N) is 2. The number of ether oxygens (including phenoxy) is 3. The van der Waals surface area contributed by atoms with Crippen LogP contribution in [0.5, 0.6) is 0 Å². The predicted octanol–water partition coefficient (Wildman–Crippen LogP) is 2.67. The Balaban J connectivity index is 1.41. The zero-order chi connectivity index (χ0) is 25.5. The van der Waals surface area contributed by atoms with Crippen LogP contribution in [0.25, 0.3) is 27.9 Å². The minimum atomic E-state index is -0.204. The van der Waals surface area contributed by atoms with Crippen molar-refractivity contribution in [1.29, 1.82) is 0 Å². The molecule has 2 unspecified atom stereocenters. The molecule has 0 aromatic carbocycles. The van der Waals surface area contributed by atoms with Crippen LogP contribution in [0, 0.1) is 0 Å². The van der Waals surface area contributed by atoms with Crippen molar-refractivity contribution >= 4 is 28.4 Å². The summed E-state index contributed by atoms with van der Waals surface area (Å²) in [5, 5.41) is 11.7. The molecule has 2 aliphatic rings. The molecule has 194 valence electrons. The number of hydrogen-bond acceptors (Lipinski definition) is 8. The maximum Gasteiger partial charge on any atom is 0.257 e. The fourth-order valence-corrected chi connectivity index (χ4v) is 5.35. The highest BCUT2D eigenvalue weighted by molar-refractivity contribution is 6.01. The van der Waals surface area contributed by atoms with Crippen LogP contribution in [0.1, 0.15) is 35.7 Å². The van der Waals surface area contributed by atoms with Crippen molar-refractivity contribution in [3.63, 3.8) is 0 Å². The quantitative estimate of drug-likeness (QED) is 0.375. The first-order valence-electron chi connectivity index (χ1n) is 12.6. The Kier molecular flexibility index (Phi) is 6.27. The summed E-state index contributed by atoms with van der Waals surface area (Å²) in [7, 11) is 5.19. The Bertz CT molecular complexity index is 1450. The van der Waals surface area contributed by atoms with Gasteiger partial charge in [-0.2, -0.15) is 9.61 Å². The van der Waals surface area contributed by atoms with Crippen molar-refractivity contribution in [3.05, 3.63) is 42.4 Å². The van der Waals surface area contributed by atoms with Gasteiger partial charge in [-0.15, -0.1) is 0 Å². The van der Waals surface area contributed by atoms with Crippen LogP contribution in [-0.4, -0.2) is 82.8 Å². The summed E-state index contributed by atoms with van der Waals surface area (Å²) >= 11 is 0. The molecule has 2 N–H and O–H groups in total. The van der Waals surface area contributed by atoms with Gasteiger partial charge in [0.1, 0.15) is 17.0 Å². The van der Waals surface area contributed by atoms with Crippen molar-refractivity contribution in [2.45, 2.75) is 43.6 Å². The molecule has 4 aromatic heterocycles. The molecule has 0 radical (unpaired) electrons. The van der Waals surface area contributed by atoms with Crippen molar-refractivity contribution < 1.29 is 19.0 Å². The molecule has 0 spiro atoms. The standard InChI is InChI=1S/C26H31N7O4/c1-27-23-10-21(30-25-18(11-29-33(23)25)26(34)31-20-6-7-22(20)36-3)19-12-32(24-17(19)5-4-8-28-24)15-9-16(14-35-2)37-13-15/h4-5,8,10-12,15-16,20,22,27H,6-7,9,13-14H2,1-3H3,(H,31,34)/t15?,16?,20-,22-/m0/s1. The summed E-state index contributed by atoms with van der Waals surface area (Å²) in [5.41, 5.74) is 3.45. The summed E-state index contributed by atoms with van der Waals surface area (Å²) < 4.78 is 20.5. The molecule has 2 fully saturated rings. The van der Waals surface area contributed by atoms with Gasteiger partial charge in [0.2, 0.25) is 0 Å². The molecule has 11 heteroatoms. The Hall–Kier alpha value is -3.54. The maximum absolute atomic E-state index is 13.2. The molecule has 1 amide bonds. The van der Waals surface area contributed by atoms with E-state index < -0.39 is 0 Å². The normalized spacial score (nSPS) is 23.4. The van der Waals surface area contributed by atoms with Gasteiger partial charge in [-0.1, -0.05) is 0 Å². The van der Waals surface area contributed by atoms with Gasteiger partial charge in [0, 0.05) is 50.7 Å². The highest BCUT2D eigenvalue weighted by atomic mass is 16.5. The van der Waals surface area contributed by atoms with Crippen molar-refractivity contribution in [3.8, 4) is 11.3 Å². The first-order valence-corrected chi connectivity index (χ1v) is 12.6. The predicted molar refractivity (Wildman–Crippen MR) is 138 cm³/mol. The fourth-order valence-electron chi connectivity index (χ4n) is 5.35. The Morgan fingerprint density at radius 1 is 1.27 bits per heavy atom. The lowest BCUT2D eigenvalue weighted by molar-refractivity contribution is 0.00732. The third-order valence-electron chi connectivity index (χ3n) is 7.47. The first kappa shape index (κ1) is 23.8. The third-order valence-corrected chi connectivity index (χ3v) is 7.47. The van der Waals surface area contributed by atoms with Gasteiger partial charge >= 0.3 is 0 Å². The molecule has 5 heterocycles. The van der Waals surface area contributed by atoms with Crippen molar-refractivity contribution in [1.82, 2.24) is 29.5 Å². The molecule has 4 atom stereocenters. The maximum atomic E-state index is 13.2. The SMILES string of the molecule is CNc1cc(-c2cn(C3COC(COC)C3)c3ncccc23)nc2c(C(=O)N[C@H]3CC[C@@H]3OC)cnn12. The molecule has 1 saturated carbocycles. The lowest BCUT2D eigenvalue weighted by atomic mass is 9.89. The molecule has 37 heavy (non-hydrogen) atoms. The molecule has 4 aromatic rings. The second-order valence-corrected chi connectivity index (χ2v) is 9.63. The lowest BCUT2D eigenvalue weighted by Crippen LogP contribution is -2.51. The summed E-state index contributed by atoms with van der Waals surface area (Å²) in [6.07, 6.45) is 8.25. The zero-order valence-corrected chi connectivity index (χ0v) is 21.2. The summed E-state index contributed by atoms with van der Waals surface area (Å²) in [5.74, 6) is 0.524. The van der Waals surface area contributed by atoms with Gasteiger partial charge in [0.15, 0.2) is 5.65 Å². The number of fused-ring (bicyclic) bond motifs is 2. The smallest absolute Gasteiger partial charge is 0.257 e. The van der Waals surface area contributed by atoms with E-state index in [2.05, 4.69) is 31.5 Å². The average molecular weight is 506 g/mol. The molecular weight excluding hydrogens is 474 g/mol. The average Bonchev–Trinajstić information content (AvgIpc) is 3.63. The van der Waals surface area contributed by atoms with Gasteiger partial charge in [-0.3, -0.25) is 4.79 Å². The van der Waals surface area contributed by atoms with E-state index in [9.17, 15) is 4.79 Å². The Morgan fingerprint density at radius 3 is 2.92 bits per heavy atom. The van der Waals surface area contributed by atoms with E-state index in [-0.39, 0.29) is 30.2 Å². The summed E-state index contributed by atoms with van der Waals surface area (Å²) in [6.45, 7) is 1.16. The van der Waals surface area contributed by atoms with Gasteiger partial charge in [-0.25, -0.2) is 9.97 Å². The van der Waals surface area contributed by atoms with Crippen molar-refractivity contribution in [2.75, 3.05) is 39.8 Å². The number of amides is 1. The van der Waals surface area contributed by atoms with E-state index in [1.807, 2.05) is 25.2 Å². The van der Waals surface area contributed by atoms with E-state index in [4.69, 9.17) is 19.2 Å². The molecule has 0 bridgehead atoms. The van der Waals surface area contributed by atoms with E-state index >= 15 is 0 Å². The minimum Gasteiger partial charge on any atom is -0.382 e. The van der Waals surface area contributed by atoms with Crippen molar-refractivity contribution in [2.24, 2.45) is 0 Å². The largest absolute Gasteiger partial charge is 0.382 e. The molecule has 1 saturated heterocycles. The number of nitrogens with zero attached hydrogens (tertiary/aromatic N) is 5.